The second-order valence-corrected chi connectivity index (χ2v) is 8.60. The maximum absolute atomic E-state index is 12.7. The Labute approximate surface area is 199 Å². The van der Waals surface area contributed by atoms with Crippen LogP contribution in [0.25, 0.3) is 0 Å². The molecule has 1 aliphatic rings. The van der Waals surface area contributed by atoms with Gasteiger partial charge in [-0.3, -0.25) is 14.5 Å². The maximum Gasteiger partial charge on any atom is 0.251 e. The first-order chi connectivity index (χ1) is 16.5. The molecule has 3 aromatic rings. The Balaban J connectivity index is 1.28. The number of morpholine rings is 1. The van der Waals surface area contributed by atoms with Gasteiger partial charge in [0.1, 0.15) is 0 Å². The SMILES string of the molecule is CC1CN(Cc2cccc(CNC(=O)c3cccc(NC(=O)CCn4ccnc4)c3)c2)CCO1. The summed E-state index contributed by atoms with van der Waals surface area (Å²) < 4.78 is 7.46. The van der Waals surface area contributed by atoms with Crippen LogP contribution in [-0.2, 0) is 29.2 Å². The van der Waals surface area contributed by atoms with Crippen LogP contribution in [0, 0.1) is 0 Å². The minimum Gasteiger partial charge on any atom is -0.376 e. The molecule has 2 heterocycles. The van der Waals surface area contributed by atoms with Gasteiger partial charge in [-0.2, -0.15) is 0 Å². The van der Waals surface area contributed by atoms with Gasteiger partial charge < -0.3 is 19.9 Å². The molecule has 1 aliphatic heterocycles. The van der Waals surface area contributed by atoms with E-state index in [9.17, 15) is 9.59 Å². The van der Waals surface area contributed by atoms with Crippen molar-refractivity contribution in [3.05, 3.63) is 83.9 Å². The monoisotopic (exact) mass is 461 g/mol. The minimum absolute atomic E-state index is 0.113. The molecule has 0 aliphatic carbocycles. The summed E-state index contributed by atoms with van der Waals surface area (Å²) in [4.78, 5) is 31.3. The molecule has 8 heteroatoms. The summed E-state index contributed by atoms with van der Waals surface area (Å²) in [6.45, 7) is 6.58. The number of aryl methyl sites for hydroxylation is 1. The fraction of sp³-hybridized carbons (Fsp3) is 0.346. The summed E-state index contributed by atoms with van der Waals surface area (Å²) >= 11 is 0. The van der Waals surface area contributed by atoms with Crippen LogP contribution in [0.15, 0.2) is 67.3 Å². The highest BCUT2D eigenvalue weighted by Crippen LogP contribution is 2.14. The molecule has 1 unspecified atom stereocenters. The number of ether oxygens (including phenoxy) is 1. The summed E-state index contributed by atoms with van der Waals surface area (Å²) in [5.41, 5.74) is 3.38. The van der Waals surface area contributed by atoms with Gasteiger partial charge in [0.05, 0.1) is 19.0 Å². The highest BCUT2D eigenvalue weighted by atomic mass is 16.5. The molecule has 4 rings (SSSR count). The standard InChI is InChI=1S/C26H31N5O3/c1-20-17-31(12-13-34-20)18-22-5-2-4-21(14-22)16-28-26(33)23-6-3-7-24(15-23)29-25(32)8-10-30-11-9-27-19-30/h2-7,9,11,14-15,19-20H,8,10,12-13,16-18H2,1H3,(H,28,33)(H,29,32). The molecule has 0 saturated carbocycles. The Hall–Kier alpha value is -3.49. The fourth-order valence-corrected chi connectivity index (χ4v) is 4.03. The highest BCUT2D eigenvalue weighted by Gasteiger charge is 2.16. The zero-order valence-electron chi connectivity index (χ0n) is 19.4. The topological polar surface area (TPSA) is 88.5 Å². The van der Waals surface area contributed by atoms with Crippen LogP contribution in [0.1, 0.15) is 34.8 Å². The predicted molar refractivity (Wildman–Crippen MR) is 130 cm³/mol. The van der Waals surface area contributed by atoms with Crippen molar-refractivity contribution in [3.8, 4) is 0 Å². The van der Waals surface area contributed by atoms with Crippen molar-refractivity contribution >= 4 is 17.5 Å². The number of hydrogen-bond donors (Lipinski definition) is 2. The number of anilines is 1. The minimum atomic E-state index is -0.179. The molecular formula is C26H31N5O3. The van der Waals surface area contributed by atoms with Crippen LogP contribution >= 0.6 is 0 Å². The molecule has 2 N–H and O–H groups in total. The number of imidazole rings is 1. The van der Waals surface area contributed by atoms with Gasteiger partial charge in [0.15, 0.2) is 0 Å². The number of carbonyl (C=O) groups excluding carboxylic acids is 2. The van der Waals surface area contributed by atoms with Gasteiger partial charge in [0.25, 0.3) is 5.91 Å². The van der Waals surface area contributed by atoms with Gasteiger partial charge >= 0.3 is 0 Å². The number of hydrogen-bond acceptors (Lipinski definition) is 5. The zero-order chi connectivity index (χ0) is 23.8. The smallest absolute Gasteiger partial charge is 0.251 e. The number of rotatable bonds is 9. The lowest BCUT2D eigenvalue weighted by Crippen LogP contribution is -2.40. The number of amides is 2. The van der Waals surface area contributed by atoms with Crippen LogP contribution in [0.2, 0.25) is 0 Å². The van der Waals surface area contributed by atoms with E-state index in [0.29, 0.717) is 30.8 Å². The average molecular weight is 462 g/mol. The summed E-state index contributed by atoms with van der Waals surface area (Å²) in [5, 5.41) is 5.84. The molecule has 2 amide bonds. The summed E-state index contributed by atoms with van der Waals surface area (Å²) in [6, 6.07) is 15.3. The molecule has 178 valence electrons. The van der Waals surface area contributed by atoms with Crippen molar-refractivity contribution in [2.45, 2.75) is 39.1 Å². The van der Waals surface area contributed by atoms with Gasteiger partial charge in [-0.1, -0.05) is 30.3 Å². The van der Waals surface area contributed by atoms with E-state index in [0.717, 1.165) is 31.8 Å². The molecule has 1 fully saturated rings. The Bertz CT molecular complexity index is 1100. The lowest BCUT2D eigenvalue weighted by atomic mass is 10.1. The van der Waals surface area contributed by atoms with E-state index in [-0.39, 0.29) is 17.9 Å². The van der Waals surface area contributed by atoms with Gasteiger partial charge in [-0.25, -0.2) is 4.98 Å². The van der Waals surface area contributed by atoms with E-state index in [1.54, 1.807) is 36.8 Å². The summed E-state index contributed by atoms with van der Waals surface area (Å²) in [6.07, 6.45) is 5.76. The third-order valence-electron chi connectivity index (χ3n) is 5.74. The van der Waals surface area contributed by atoms with E-state index < -0.39 is 0 Å². The van der Waals surface area contributed by atoms with E-state index in [1.165, 1.54) is 5.56 Å². The number of benzene rings is 2. The molecule has 0 bridgehead atoms. The van der Waals surface area contributed by atoms with Crippen molar-refractivity contribution in [3.63, 3.8) is 0 Å². The third kappa shape index (κ3) is 7.00. The zero-order valence-corrected chi connectivity index (χ0v) is 19.4. The Morgan fingerprint density at radius 2 is 2.00 bits per heavy atom. The first-order valence-electron chi connectivity index (χ1n) is 11.6. The van der Waals surface area contributed by atoms with Gasteiger partial charge in [-0.05, 0) is 36.2 Å². The van der Waals surface area contributed by atoms with E-state index in [4.69, 9.17) is 4.74 Å². The Kier molecular flexibility index (Phi) is 8.06. The van der Waals surface area contributed by atoms with Crippen molar-refractivity contribution < 1.29 is 14.3 Å². The Morgan fingerprint density at radius 1 is 1.15 bits per heavy atom. The number of nitrogens with zero attached hydrogens (tertiary/aromatic N) is 3. The summed E-state index contributed by atoms with van der Waals surface area (Å²) in [7, 11) is 0. The van der Waals surface area contributed by atoms with Crippen LogP contribution in [-0.4, -0.2) is 52.1 Å². The second-order valence-electron chi connectivity index (χ2n) is 8.60. The average Bonchev–Trinajstić information content (AvgIpc) is 3.36. The molecule has 1 aromatic heterocycles. The first kappa shape index (κ1) is 23.7. The third-order valence-corrected chi connectivity index (χ3v) is 5.74. The molecule has 1 saturated heterocycles. The molecule has 1 atom stereocenters. The molecule has 34 heavy (non-hydrogen) atoms. The van der Waals surface area contributed by atoms with Gasteiger partial charge in [-0.15, -0.1) is 0 Å². The normalized spacial score (nSPS) is 16.2. The number of aromatic nitrogens is 2. The van der Waals surface area contributed by atoms with E-state index in [2.05, 4.69) is 39.6 Å². The fourth-order valence-electron chi connectivity index (χ4n) is 4.03. The lowest BCUT2D eigenvalue weighted by Gasteiger charge is -2.31. The van der Waals surface area contributed by atoms with E-state index >= 15 is 0 Å². The largest absolute Gasteiger partial charge is 0.376 e. The molecule has 0 spiro atoms. The number of carbonyl (C=O) groups is 2. The van der Waals surface area contributed by atoms with Crippen molar-refractivity contribution in [1.82, 2.24) is 19.8 Å². The lowest BCUT2D eigenvalue weighted by molar-refractivity contribution is -0.116. The van der Waals surface area contributed by atoms with Gasteiger partial charge in [0.2, 0.25) is 5.91 Å². The predicted octanol–water partition coefficient (Wildman–Crippen LogP) is 3.06. The van der Waals surface area contributed by atoms with Crippen molar-refractivity contribution in [2.75, 3.05) is 25.0 Å². The van der Waals surface area contributed by atoms with Crippen LogP contribution in [0.4, 0.5) is 5.69 Å². The van der Waals surface area contributed by atoms with Crippen molar-refractivity contribution in [1.29, 1.82) is 0 Å². The highest BCUT2D eigenvalue weighted by molar-refractivity contribution is 5.97. The second kappa shape index (κ2) is 11.6. The first-order valence-corrected chi connectivity index (χ1v) is 11.6. The molecule has 2 aromatic carbocycles. The molecule has 0 radical (unpaired) electrons. The molecular weight excluding hydrogens is 430 g/mol. The van der Waals surface area contributed by atoms with Crippen LogP contribution in [0.5, 0.6) is 0 Å². The van der Waals surface area contributed by atoms with Crippen LogP contribution in [0.3, 0.4) is 0 Å². The maximum atomic E-state index is 12.7. The van der Waals surface area contributed by atoms with Crippen molar-refractivity contribution in [2.24, 2.45) is 0 Å². The van der Waals surface area contributed by atoms with E-state index in [1.807, 2.05) is 22.9 Å². The number of nitrogens with one attached hydrogen (secondary N) is 2. The van der Waals surface area contributed by atoms with Gasteiger partial charge in [0, 0.05) is 62.8 Å². The quantitative estimate of drug-likeness (QED) is 0.511. The van der Waals surface area contributed by atoms with Crippen LogP contribution < -0.4 is 10.6 Å². The summed E-state index contributed by atoms with van der Waals surface area (Å²) in [5.74, 6) is -0.292. The Morgan fingerprint density at radius 3 is 2.82 bits per heavy atom. The molecule has 8 nitrogen and oxygen atoms in total.